The molecule has 0 aromatic heterocycles. The summed E-state index contributed by atoms with van der Waals surface area (Å²) in [5.74, 6) is 0.670. The van der Waals surface area contributed by atoms with Gasteiger partial charge in [0.25, 0.3) is 0 Å². The molecule has 0 aliphatic carbocycles. The van der Waals surface area contributed by atoms with Crippen LogP contribution in [0.2, 0.25) is 0 Å². The molecule has 2 aliphatic rings. The zero-order chi connectivity index (χ0) is 12.3. The van der Waals surface area contributed by atoms with Crippen molar-refractivity contribution >= 4 is 22.2 Å². The molecule has 1 N–H and O–H groups in total. The fraction of sp³-hybridized carbons (Fsp3) is 1.00. The first-order valence-corrected chi connectivity index (χ1v) is 8.60. The van der Waals surface area contributed by atoms with Crippen molar-refractivity contribution in [3.05, 3.63) is 0 Å². The van der Waals surface area contributed by atoms with Gasteiger partial charge >= 0.3 is 0 Å². The summed E-state index contributed by atoms with van der Waals surface area (Å²) in [6.45, 7) is 4.72. The van der Waals surface area contributed by atoms with Crippen LogP contribution in [0, 0.1) is 0 Å². The van der Waals surface area contributed by atoms with E-state index in [-0.39, 0.29) is 12.4 Å². The zero-order valence-electron chi connectivity index (χ0n) is 11.1. The van der Waals surface area contributed by atoms with Crippen molar-refractivity contribution in [3.8, 4) is 0 Å². The Kier molecular flexibility index (Phi) is 6.38. The van der Waals surface area contributed by atoms with Crippen LogP contribution in [0.15, 0.2) is 0 Å². The van der Waals surface area contributed by atoms with Gasteiger partial charge in [-0.25, -0.2) is 8.42 Å². The predicted octanol–water partition coefficient (Wildman–Crippen LogP) is 1.06. The first kappa shape index (κ1) is 16.2. The SMILES string of the molecule is CCCS(=O)(=O)CCN1CCC2CCC(C1)N2.Cl. The summed E-state index contributed by atoms with van der Waals surface area (Å²) in [6, 6.07) is 1.27. The summed E-state index contributed by atoms with van der Waals surface area (Å²) in [5, 5.41) is 3.61. The fourth-order valence-electron chi connectivity index (χ4n) is 2.90. The Bertz CT molecular complexity index is 348. The number of hydrogen-bond donors (Lipinski definition) is 1. The number of halogens is 1. The lowest BCUT2D eigenvalue weighted by Crippen LogP contribution is -2.37. The Balaban J connectivity index is 0.00000162. The quantitative estimate of drug-likeness (QED) is 0.824. The lowest BCUT2D eigenvalue weighted by molar-refractivity contribution is 0.273. The number of hydrogen-bond acceptors (Lipinski definition) is 4. The van der Waals surface area contributed by atoms with E-state index in [2.05, 4.69) is 10.2 Å². The van der Waals surface area contributed by atoms with E-state index in [1.54, 1.807) is 0 Å². The van der Waals surface area contributed by atoms with Gasteiger partial charge < -0.3 is 10.2 Å². The molecule has 0 aromatic rings. The van der Waals surface area contributed by atoms with Crippen LogP contribution in [0.25, 0.3) is 0 Å². The van der Waals surface area contributed by atoms with E-state index in [1.165, 1.54) is 19.3 Å². The van der Waals surface area contributed by atoms with Gasteiger partial charge in [0.2, 0.25) is 0 Å². The van der Waals surface area contributed by atoms with Crippen molar-refractivity contribution in [2.24, 2.45) is 0 Å². The number of nitrogens with one attached hydrogen (secondary N) is 1. The highest BCUT2D eigenvalue weighted by Gasteiger charge is 2.29. The molecule has 2 unspecified atom stereocenters. The number of fused-ring (bicyclic) bond motifs is 2. The molecule has 0 saturated carbocycles. The molecule has 4 nitrogen and oxygen atoms in total. The standard InChI is InChI=1S/C12H24N2O2S.ClH/c1-2-8-17(15,16)9-7-14-6-5-11-3-4-12(10-14)13-11;/h11-13H,2-10H2,1H3;1H. The normalized spacial score (nSPS) is 28.7. The number of nitrogens with zero attached hydrogens (tertiary/aromatic N) is 1. The summed E-state index contributed by atoms with van der Waals surface area (Å²) in [5.41, 5.74) is 0. The molecule has 18 heavy (non-hydrogen) atoms. The average molecular weight is 297 g/mol. The summed E-state index contributed by atoms with van der Waals surface area (Å²) in [4.78, 5) is 2.32. The number of sulfone groups is 1. The van der Waals surface area contributed by atoms with E-state index in [0.717, 1.165) is 19.5 Å². The maximum Gasteiger partial charge on any atom is 0.151 e. The van der Waals surface area contributed by atoms with Gasteiger partial charge in [-0.15, -0.1) is 12.4 Å². The van der Waals surface area contributed by atoms with Gasteiger partial charge in [0.05, 0.1) is 5.75 Å². The predicted molar refractivity (Wildman–Crippen MR) is 77.2 cm³/mol. The van der Waals surface area contributed by atoms with Crippen molar-refractivity contribution in [2.75, 3.05) is 31.1 Å². The van der Waals surface area contributed by atoms with E-state index >= 15 is 0 Å². The third-order valence-electron chi connectivity index (χ3n) is 3.84. The summed E-state index contributed by atoms with van der Waals surface area (Å²) in [7, 11) is -2.82. The van der Waals surface area contributed by atoms with Gasteiger partial charge in [-0.05, 0) is 32.2 Å². The summed E-state index contributed by atoms with van der Waals surface area (Å²) >= 11 is 0. The molecule has 2 bridgehead atoms. The Hall–Kier alpha value is 0.160. The van der Waals surface area contributed by atoms with E-state index in [0.29, 0.717) is 30.1 Å². The van der Waals surface area contributed by atoms with Crippen LogP contribution >= 0.6 is 12.4 Å². The van der Waals surface area contributed by atoms with Gasteiger partial charge in [-0.2, -0.15) is 0 Å². The fourth-order valence-corrected chi connectivity index (χ4v) is 4.26. The van der Waals surface area contributed by atoms with E-state index < -0.39 is 9.84 Å². The van der Waals surface area contributed by atoms with E-state index in [9.17, 15) is 8.42 Å². The van der Waals surface area contributed by atoms with Crippen LogP contribution in [-0.2, 0) is 9.84 Å². The van der Waals surface area contributed by atoms with Crippen molar-refractivity contribution < 1.29 is 8.42 Å². The van der Waals surface area contributed by atoms with Crippen LogP contribution in [0.4, 0.5) is 0 Å². The molecule has 2 atom stereocenters. The maximum atomic E-state index is 11.7. The van der Waals surface area contributed by atoms with Crippen LogP contribution in [0.1, 0.15) is 32.6 Å². The molecule has 6 heteroatoms. The highest BCUT2D eigenvalue weighted by atomic mass is 35.5. The molecule has 2 rings (SSSR count). The second kappa shape index (κ2) is 7.08. The highest BCUT2D eigenvalue weighted by Crippen LogP contribution is 2.20. The minimum atomic E-state index is -2.82. The molecule has 0 spiro atoms. The summed E-state index contributed by atoms with van der Waals surface area (Å²) in [6.07, 6.45) is 4.45. The third kappa shape index (κ3) is 4.68. The van der Waals surface area contributed by atoms with E-state index in [1.807, 2.05) is 6.92 Å². The third-order valence-corrected chi connectivity index (χ3v) is 5.68. The molecular weight excluding hydrogens is 272 g/mol. The van der Waals surface area contributed by atoms with E-state index in [4.69, 9.17) is 0 Å². The molecule has 108 valence electrons. The van der Waals surface area contributed by atoms with Crippen molar-refractivity contribution in [1.29, 1.82) is 0 Å². The number of rotatable bonds is 5. The zero-order valence-corrected chi connectivity index (χ0v) is 12.7. The first-order valence-electron chi connectivity index (χ1n) is 6.78. The maximum absolute atomic E-state index is 11.7. The van der Waals surface area contributed by atoms with Gasteiger partial charge in [0.1, 0.15) is 0 Å². The molecule has 2 saturated heterocycles. The molecule has 0 aromatic carbocycles. The van der Waals surface area contributed by atoms with Gasteiger partial charge in [-0.1, -0.05) is 6.92 Å². The second-order valence-corrected chi connectivity index (χ2v) is 7.68. The molecule has 0 amide bonds. The summed E-state index contributed by atoms with van der Waals surface area (Å²) < 4.78 is 23.4. The van der Waals surface area contributed by atoms with Crippen molar-refractivity contribution in [2.45, 2.75) is 44.7 Å². The van der Waals surface area contributed by atoms with Crippen LogP contribution in [-0.4, -0.2) is 56.5 Å². The second-order valence-electron chi connectivity index (χ2n) is 5.38. The van der Waals surface area contributed by atoms with Crippen LogP contribution in [0.5, 0.6) is 0 Å². The molecule has 2 fully saturated rings. The minimum absolute atomic E-state index is 0. The average Bonchev–Trinajstić information content (AvgIpc) is 2.57. The number of likely N-dealkylation sites (tertiary alicyclic amines) is 1. The molecular formula is C12H25ClN2O2S. The lowest BCUT2D eigenvalue weighted by atomic mass is 10.1. The Morgan fingerprint density at radius 1 is 1.17 bits per heavy atom. The van der Waals surface area contributed by atoms with Gasteiger partial charge in [0, 0.05) is 30.9 Å². The lowest BCUT2D eigenvalue weighted by Gasteiger charge is -2.23. The van der Waals surface area contributed by atoms with Gasteiger partial charge in [0.15, 0.2) is 9.84 Å². The minimum Gasteiger partial charge on any atom is -0.310 e. The first-order chi connectivity index (χ1) is 8.09. The van der Waals surface area contributed by atoms with Gasteiger partial charge in [-0.3, -0.25) is 0 Å². The Morgan fingerprint density at radius 2 is 1.89 bits per heavy atom. The molecule has 2 heterocycles. The Labute approximate surface area is 117 Å². The monoisotopic (exact) mass is 296 g/mol. The molecule has 0 radical (unpaired) electrons. The van der Waals surface area contributed by atoms with Crippen LogP contribution < -0.4 is 5.32 Å². The topological polar surface area (TPSA) is 49.4 Å². The molecule has 2 aliphatic heterocycles. The van der Waals surface area contributed by atoms with Crippen molar-refractivity contribution in [1.82, 2.24) is 10.2 Å². The Morgan fingerprint density at radius 3 is 2.61 bits per heavy atom. The largest absolute Gasteiger partial charge is 0.310 e. The highest BCUT2D eigenvalue weighted by molar-refractivity contribution is 7.91. The van der Waals surface area contributed by atoms with Crippen molar-refractivity contribution in [3.63, 3.8) is 0 Å². The van der Waals surface area contributed by atoms with Crippen LogP contribution in [0.3, 0.4) is 0 Å². The smallest absolute Gasteiger partial charge is 0.151 e.